The van der Waals surface area contributed by atoms with Crippen molar-refractivity contribution in [3.63, 3.8) is 0 Å². The van der Waals surface area contributed by atoms with Crippen LogP contribution in [0.2, 0.25) is 10.0 Å². The summed E-state index contributed by atoms with van der Waals surface area (Å²) < 4.78 is 50.9. The summed E-state index contributed by atoms with van der Waals surface area (Å²) in [4.78, 5) is 35.7. The van der Waals surface area contributed by atoms with Crippen LogP contribution in [0.1, 0.15) is 18.9 Å². The average Bonchev–Trinajstić information content (AvgIpc) is 3.34. The Balaban J connectivity index is 1.52. The fraction of sp³-hybridized carbons (Fsp3) is 0.400. The highest BCUT2D eigenvalue weighted by molar-refractivity contribution is 6.35. The van der Waals surface area contributed by atoms with Crippen molar-refractivity contribution in [2.75, 3.05) is 50.8 Å². The molecule has 0 bridgehead atoms. The second kappa shape index (κ2) is 11.6. The molecule has 0 N–H and O–H groups in total. The van der Waals surface area contributed by atoms with E-state index in [1.807, 2.05) is 0 Å². The number of benzene rings is 2. The first-order valence-corrected chi connectivity index (χ1v) is 14.8. The highest BCUT2D eigenvalue weighted by Gasteiger charge is 2.41. The standard InChI is InChI=1S/C30H27Cl2F3N6O3/c1-2-24(42)40-10-9-39(14-18(40)5-7-36)28-21-12-22(32)25(20-11-17(31)3-4-23(20)33)27-26(21)41(29(43)37-28)19(15-44-27)13-38-8-6-30(34,35)16-38/h2-4,11-12,18-19H,1,5-6,8-10,13-16H2/t18-,19?/m0/s1. The van der Waals surface area contributed by atoms with Crippen LogP contribution < -0.4 is 15.3 Å². The molecule has 2 saturated heterocycles. The summed E-state index contributed by atoms with van der Waals surface area (Å²) in [6.45, 7) is 4.06. The molecule has 0 aliphatic carbocycles. The maximum absolute atomic E-state index is 15.2. The highest BCUT2D eigenvalue weighted by Crippen LogP contribution is 2.47. The number of anilines is 1. The highest BCUT2D eigenvalue weighted by atomic mass is 35.5. The number of carbonyl (C=O) groups excluding carboxylic acids is 1. The second-order valence-electron chi connectivity index (χ2n) is 11.2. The van der Waals surface area contributed by atoms with E-state index in [0.29, 0.717) is 10.9 Å². The van der Waals surface area contributed by atoms with Gasteiger partial charge in [-0.3, -0.25) is 14.3 Å². The van der Waals surface area contributed by atoms with Crippen LogP contribution in [0.5, 0.6) is 5.75 Å². The van der Waals surface area contributed by atoms with E-state index in [1.54, 1.807) is 20.8 Å². The van der Waals surface area contributed by atoms with Crippen molar-refractivity contribution < 1.29 is 22.7 Å². The lowest BCUT2D eigenvalue weighted by molar-refractivity contribution is -0.128. The Bertz CT molecular complexity index is 1780. The van der Waals surface area contributed by atoms with E-state index in [2.05, 4.69) is 17.6 Å². The number of hydrogen-bond acceptors (Lipinski definition) is 7. The fourth-order valence-corrected chi connectivity index (χ4v) is 6.84. The maximum atomic E-state index is 15.2. The monoisotopic (exact) mass is 646 g/mol. The van der Waals surface area contributed by atoms with Crippen molar-refractivity contribution in [3.05, 3.63) is 63.3 Å². The predicted molar refractivity (Wildman–Crippen MR) is 160 cm³/mol. The molecule has 4 heterocycles. The first-order valence-electron chi connectivity index (χ1n) is 14.0. The van der Waals surface area contributed by atoms with E-state index in [4.69, 9.17) is 27.9 Å². The third-order valence-electron chi connectivity index (χ3n) is 8.36. The fourth-order valence-electron chi connectivity index (χ4n) is 6.37. The molecule has 3 aromatic rings. The molecule has 3 aliphatic rings. The Morgan fingerprint density at radius 2 is 2.02 bits per heavy atom. The quantitative estimate of drug-likeness (QED) is 0.352. The number of piperazine rings is 1. The third kappa shape index (κ3) is 5.38. The van der Waals surface area contributed by atoms with Crippen LogP contribution in [-0.2, 0) is 4.79 Å². The number of nitriles is 1. The van der Waals surface area contributed by atoms with Gasteiger partial charge in [0.25, 0.3) is 5.92 Å². The number of nitrogens with zero attached hydrogens (tertiary/aromatic N) is 6. The number of amides is 1. The minimum atomic E-state index is -2.82. The van der Waals surface area contributed by atoms with Crippen molar-refractivity contribution in [2.24, 2.45) is 0 Å². The Morgan fingerprint density at radius 1 is 1.23 bits per heavy atom. The van der Waals surface area contributed by atoms with Gasteiger partial charge in [0, 0.05) is 60.7 Å². The number of alkyl halides is 2. The first kappa shape index (κ1) is 30.2. The lowest BCUT2D eigenvalue weighted by atomic mass is 9.99. The number of aromatic nitrogens is 2. The van der Waals surface area contributed by atoms with E-state index in [0.717, 1.165) is 0 Å². The Morgan fingerprint density at radius 3 is 2.73 bits per heavy atom. The van der Waals surface area contributed by atoms with Gasteiger partial charge in [-0.25, -0.2) is 18.0 Å². The van der Waals surface area contributed by atoms with E-state index in [9.17, 15) is 23.6 Å². The van der Waals surface area contributed by atoms with Crippen LogP contribution in [0.15, 0.2) is 41.7 Å². The molecule has 230 valence electrons. The molecule has 0 radical (unpaired) electrons. The van der Waals surface area contributed by atoms with E-state index in [-0.39, 0.29) is 90.8 Å². The Hall–Kier alpha value is -3.79. The van der Waals surface area contributed by atoms with Gasteiger partial charge >= 0.3 is 5.69 Å². The Labute approximate surface area is 260 Å². The summed E-state index contributed by atoms with van der Waals surface area (Å²) >= 11 is 13.0. The van der Waals surface area contributed by atoms with Crippen LogP contribution in [0.4, 0.5) is 19.0 Å². The Kier molecular flexibility index (Phi) is 7.98. The number of carbonyl (C=O) groups is 1. The summed E-state index contributed by atoms with van der Waals surface area (Å²) in [5.41, 5.74) is -0.0869. The van der Waals surface area contributed by atoms with Gasteiger partial charge in [-0.2, -0.15) is 10.2 Å². The van der Waals surface area contributed by atoms with Gasteiger partial charge in [-0.15, -0.1) is 0 Å². The molecule has 1 amide bonds. The van der Waals surface area contributed by atoms with Gasteiger partial charge in [0.15, 0.2) is 5.75 Å². The molecular weight excluding hydrogens is 620 g/mol. The van der Waals surface area contributed by atoms with Gasteiger partial charge in [0.1, 0.15) is 18.2 Å². The number of halogens is 5. The van der Waals surface area contributed by atoms with Gasteiger partial charge in [-0.1, -0.05) is 29.8 Å². The minimum absolute atomic E-state index is 0.0426. The molecule has 2 atom stereocenters. The van der Waals surface area contributed by atoms with Crippen molar-refractivity contribution in [1.82, 2.24) is 19.4 Å². The van der Waals surface area contributed by atoms with Gasteiger partial charge in [0.05, 0.1) is 41.7 Å². The maximum Gasteiger partial charge on any atom is 0.350 e. The van der Waals surface area contributed by atoms with Crippen LogP contribution >= 0.6 is 23.2 Å². The topological polar surface area (TPSA) is 94.7 Å². The average molecular weight is 647 g/mol. The lowest BCUT2D eigenvalue weighted by Gasteiger charge is -2.41. The van der Waals surface area contributed by atoms with Crippen molar-refractivity contribution in [2.45, 2.75) is 30.8 Å². The van der Waals surface area contributed by atoms with E-state index < -0.39 is 36.1 Å². The molecule has 44 heavy (non-hydrogen) atoms. The molecular formula is C30H27Cl2F3N6O3. The normalized spacial score (nSPS) is 21.3. The molecule has 0 spiro atoms. The molecule has 2 aromatic carbocycles. The molecule has 0 saturated carbocycles. The summed E-state index contributed by atoms with van der Waals surface area (Å²) in [6.07, 6.45) is 0.953. The lowest BCUT2D eigenvalue weighted by Crippen LogP contribution is -2.55. The third-order valence-corrected chi connectivity index (χ3v) is 8.90. The molecule has 1 aromatic heterocycles. The van der Waals surface area contributed by atoms with Gasteiger partial charge < -0.3 is 14.5 Å². The van der Waals surface area contributed by atoms with Crippen molar-refractivity contribution in [1.29, 1.82) is 5.26 Å². The summed E-state index contributed by atoms with van der Waals surface area (Å²) in [6, 6.07) is 6.53. The zero-order valence-electron chi connectivity index (χ0n) is 23.4. The molecule has 14 heteroatoms. The van der Waals surface area contributed by atoms with Gasteiger partial charge in [0.2, 0.25) is 5.91 Å². The molecule has 2 fully saturated rings. The zero-order valence-corrected chi connectivity index (χ0v) is 24.9. The number of ether oxygens (including phenoxy) is 1. The van der Waals surface area contributed by atoms with Crippen LogP contribution in [0, 0.1) is 17.1 Å². The minimum Gasteiger partial charge on any atom is -0.488 e. The molecule has 1 unspecified atom stereocenters. The number of hydrogen-bond donors (Lipinski definition) is 0. The summed E-state index contributed by atoms with van der Waals surface area (Å²) in [5.74, 6) is -3.34. The SMILES string of the molecule is C=CC(=O)N1CCN(c2nc(=O)n3c4c(c(-c5cc(Cl)ccc5F)c(Cl)cc24)OCC3CN2CCC(F)(F)C2)C[C@@H]1CC#N. The predicted octanol–water partition coefficient (Wildman–Crippen LogP) is 4.90. The largest absolute Gasteiger partial charge is 0.488 e. The first-order chi connectivity index (χ1) is 21.0. The molecule has 9 nitrogen and oxygen atoms in total. The van der Waals surface area contributed by atoms with Crippen LogP contribution in [0.25, 0.3) is 22.0 Å². The second-order valence-corrected chi connectivity index (χ2v) is 12.0. The van der Waals surface area contributed by atoms with E-state index in [1.165, 1.54) is 28.8 Å². The van der Waals surface area contributed by atoms with Crippen LogP contribution in [-0.4, -0.2) is 83.1 Å². The van der Waals surface area contributed by atoms with Crippen LogP contribution in [0.3, 0.4) is 0 Å². The zero-order chi connectivity index (χ0) is 31.3. The number of rotatable bonds is 6. The van der Waals surface area contributed by atoms with Crippen molar-refractivity contribution in [3.8, 4) is 22.9 Å². The number of likely N-dealkylation sites (tertiary alicyclic amines) is 1. The summed E-state index contributed by atoms with van der Waals surface area (Å²) in [7, 11) is 0. The van der Waals surface area contributed by atoms with Gasteiger partial charge in [-0.05, 0) is 30.3 Å². The smallest absolute Gasteiger partial charge is 0.350 e. The molecule has 3 aliphatic heterocycles. The summed E-state index contributed by atoms with van der Waals surface area (Å²) in [5, 5.41) is 10.2. The molecule has 6 rings (SSSR count). The van der Waals surface area contributed by atoms with E-state index >= 15 is 4.39 Å². The van der Waals surface area contributed by atoms with Crippen molar-refractivity contribution >= 4 is 45.8 Å².